The highest BCUT2D eigenvalue weighted by molar-refractivity contribution is 6.05. The Morgan fingerprint density at radius 1 is 0.821 bits per heavy atom. The first-order valence-corrected chi connectivity index (χ1v) is 9.08. The van der Waals surface area contributed by atoms with E-state index >= 15 is 0 Å². The van der Waals surface area contributed by atoms with Crippen molar-refractivity contribution >= 4 is 11.7 Å². The molecule has 1 aromatic heterocycles. The molecule has 0 aliphatic carbocycles. The fourth-order valence-electron chi connectivity index (χ4n) is 2.92. The van der Waals surface area contributed by atoms with E-state index in [4.69, 9.17) is 0 Å². The van der Waals surface area contributed by atoms with Crippen LogP contribution >= 0.6 is 0 Å². The first kappa shape index (κ1) is 17.7. The molecule has 0 spiro atoms. The van der Waals surface area contributed by atoms with E-state index in [1.807, 2.05) is 66.7 Å². The Hall–Kier alpha value is -3.73. The predicted molar refractivity (Wildman–Crippen MR) is 111 cm³/mol. The van der Waals surface area contributed by atoms with Crippen LogP contribution in [0.4, 0.5) is 5.82 Å². The monoisotopic (exact) mass is 368 g/mol. The summed E-state index contributed by atoms with van der Waals surface area (Å²) in [7, 11) is 0. The number of carbonyl (C=O) groups is 1. The summed E-state index contributed by atoms with van der Waals surface area (Å²) in [5.41, 5.74) is 5.30. The summed E-state index contributed by atoms with van der Waals surface area (Å²) in [6.45, 7) is 4.12. The van der Waals surface area contributed by atoms with Gasteiger partial charge in [-0.15, -0.1) is 15.0 Å². The molecule has 138 valence electrons. The van der Waals surface area contributed by atoms with Crippen molar-refractivity contribution in [1.29, 1.82) is 0 Å². The minimum Gasteiger partial charge on any atom is -0.303 e. The van der Waals surface area contributed by atoms with E-state index in [2.05, 4.69) is 29.4 Å². The van der Waals surface area contributed by atoms with E-state index in [1.54, 1.807) is 16.9 Å². The molecule has 0 aliphatic rings. The Morgan fingerprint density at radius 2 is 1.50 bits per heavy atom. The lowest BCUT2D eigenvalue weighted by Gasteiger charge is -2.04. The molecule has 5 heteroatoms. The molecule has 0 saturated heterocycles. The third-order valence-corrected chi connectivity index (χ3v) is 4.65. The van der Waals surface area contributed by atoms with Crippen LogP contribution in [0.15, 0.2) is 78.9 Å². The Morgan fingerprint density at radius 3 is 2.18 bits per heavy atom. The van der Waals surface area contributed by atoms with Crippen molar-refractivity contribution in [2.45, 2.75) is 13.8 Å². The van der Waals surface area contributed by atoms with Crippen LogP contribution in [0.2, 0.25) is 0 Å². The van der Waals surface area contributed by atoms with Gasteiger partial charge in [0.15, 0.2) is 5.82 Å². The number of amides is 1. The van der Waals surface area contributed by atoms with Gasteiger partial charge in [0.2, 0.25) is 0 Å². The number of hydrogen-bond donors (Lipinski definition) is 1. The van der Waals surface area contributed by atoms with Gasteiger partial charge in [0.25, 0.3) is 5.91 Å². The number of aryl methyl sites for hydroxylation is 2. The van der Waals surface area contributed by atoms with Gasteiger partial charge in [0.1, 0.15) is 5.69 Å². The molecule has 28 heavy (non-hydrogen) atoms. The highest BCUT2D eigenvalue weighted by atomic mass is 16.1. The van der Waals surface area contributed by atoms with E-state index in [0.717, 1.165) is 16.8 Å². The molecular formula is C23H20N4O. The average molecular weight is 368 g/mol. The van der Waals surface area contributed by atoms with Crippen molar-refractivity contribution in [3.05, 3.63) is 95.6 Å². The Balaban J connectivity index is 1.76. The van der Waals surface area contributed by atoms with Gasteiger partial charge in [-0.3, -0.25) is 4.79 Å². The van der Waals surface area contributed by atoms with Crippen molar-refractivity contribution in [2.75, 3.05) is 5.32 Å². The van der Waals surface area contributed by atoms with Crippen LogP contribution in [0.1, 0.15) is 21.5 Å². The molecule has 0 unspecified atom stereocenters. The summed E-state index contributed by atoms with van der Waals surface area (Å²) in [5.74, 6) is 0.211. The van der Waals surface area contributed by atoms with Crippen LogP contribution in [0.25, 0.3) is 16.9 Å². The molecule has 0 aliphatic heterocycles. The molecule has 0 saturated carbocycles. The second-order valence-electron chi connectivity index (χ2n) is 6.64. The standard InChI is InChI=1S/C23H20N4O/c1-16-13-14-20(15-17(16)2)27-25-21(18-9-5-3-6-10-18)22(26-27)24-23(28)19-11-7-4-8-12-19/h3-15H,1-2H3,(H,24,26,28). The molecule has 0 atom stereocenters. The molecule has 0 radical (unpaired) electrons. The fraction of sp³-hybridized carbons (Fsp3) is 0.0870. The van der Waals surface area contributed by atoms with E-state index in [0.29, 0.717) is 17.1 Å². The summed E-state index contributed by atoms with van der Waals surface area (Å²) in [6, 6.07) is 24.8. The molecule has 0 bridgehead atoms. The van der Waals surface area contributed by atoms with Gasteiger partial charge in [-0.2, -0.15) is 0 Å². The number of hydrogen-bond acceptors (Lipinski definition) is 3. The Kier molecular flexibility index (Phi) is 4.72. The molecule has 0 fully saturated rings. The number of rotatable bonds is 4. The zero-order chi connectivity index (χ0) is 19.5. The molecule has 1 heterocycles. The van der Waals surface area contributed by atoms with Gasteiger partial charge in [-0.25, -0.2) is 0 Å². The molecule has 5 nitrogen and oxygen atoms in total. The molecule has 3 aromatic carbocycles. The molecule has 4 rings (SSSR count). The second kappa shape index (κ2) is 7.48. The van der Waals surface area contributed by atoms with Crippen LogP contribution in [0, 0.1) is 13.8 Å². The van der Waals surface area contributed by atoms with Gasteiger partial charge < -0.3 is 5.32 Å². The zero-order valence-corrected chi connectivity index (χ0v) is 15.8. The Bertz CT molecular complexity index is 1120. The maximum absolute atomic E-state index is 12.7. The third-order valence-electron chi connectivity index (χ3n) is 4.65. The van der Waals surface area contributed by atoms with Crippen LogP contribution in [-0.4, -0.2) is 20.9 Å². The lowest BCUT2D eigenvalue weighted by Crippen LogP contribution is -2.13. The first-order chi connectivity index (χ1) is 13.6. The van der Waals surface area contributed by atoms with Gasteiger partial charge in [-0.1, -0.05) is 54.6 Å². The van der Waals surface area contributed by atoms with Gasteiger partial charge in [0.05, 0.1) is 5.69 Å². The van der Waals surface area contributed by atoms with Crippen molar-refractivity contribution in [3.63, 3.8) is 0 Å². The van der Waals surface area contributed by atoms with Crippen LogP contribution in [-0.2, 0) is 0 Å². The smallest absolute Gasteiger partial charge is 0.256 e. The lowest BCUT2D eigenvalue weighted by atomic mass is 10.1. The van der Waals surface area contributed by atoms with Crippen LogP contribution in [0.3, 0.4) is 0 Å². The number of anilines is 1. The number of aromatic nitrogens is 3. The van der Waals surface area contributed by atoms with Crippen LogP contribution in [0.5, 0.6) is 0 Å². The zero-order valence-electron chi connectivity index (χ0n) is 15.8. The highest BCUT2D eigenvalue weighted by Gasteiger charge is 2.17. The topological polar surface area (TPSA) is 59.8 Å². The SMILES string of the molecule is Cc1ccc(-n2nc(NC(=O)c3ccccc3)c(-c3ccccc3)n2)cc1C. The van der Waals surface area contributed by atoms with Crippen molar-refractivity contribution in [3.8, 4) is 16.9 Å². The minimum atomic E-state index is -0.218. The van der Waals surface area contributed by atoms with E-state index in [1.165, 1.54) is 5.56 Å². The van der Waals surface area contributed by atoms with E-state index < -0.39 is 0 Å². The summed E-state index contributed by atoms with van der Waals surface area (Å²) >= 11 is 0. The summed E-state index contributed by atoms with van der Waals surface area (Å²) < 4.78 is 0. The summed E-state index contributed by atoms with van der Waals surface area (Å²) in [5, 5.41) is 12.1. The highest BCUT2D eigenvalue weighted by Crippen LogP contribution is 2.26. The molecule has 4 aromatic rings. The van der Waals surface area contributed by atoms with Crippen LogP contribution < -0.4 is 5.32 Å². The van der Waals surface area contributed by atoms with Crippen molar-refractivity contribution in [1.82, 2.24) is 15.0 Å². The minimum absolute atomic E-state index is 0.218. The third kappa shape index (κ3) is 3.55. The fourth-order valence-corrected chi connectivity index (χ4v) is 2.92. The predicted octanol–water partition coefficient (Wildman–Crippen LogP) is 4.80. The van der Waals surface area contributed by atoms with E-state index in [9.17, 15) is 4.79 Å². The molecule has 1 amide bonds. The largest absolute Gasteiger partial charge is 0.303 e. The number of carbonyl (C=O) groups excluding carboxylic acids is 1. The quantitative estimate of drug-likeness (QED) is 0.563. The summed E-state index contributed by atoms with van der Waals surface area (Å²) in [6.07, 6.45) is 0. The number of benzene rings is 3. The second-order valence-corrected chi connectivity index (χ2v) is 6.64. The van der Waals surface area contributed by atoms with Crippen molar-refractivity contribution in [2.24, 2.45) is 0 Å². The average Bonchev–Trinajstić information content (AvgIpc) is 3.15. The normalized spacial score (nSPS) is 10.6. The maximum Gasteiger partial charge on any atom is 0.256 e. The van der Waals surface area contributed by atoms with Gasteiger partial charge in [0, 0.05) is 11.1 Å². The number of nitrogens with zero attached hydrogens (tertiary/aromatic N) is 3. The first-order valence-electron chi connectivity index (χ1n) is 9.08. The molecular weight excluding hydrogens is 348 g/mol. The van der Waals surface area contributed by atoms with Crippen molar-refractivity contribution < 1.29 is 4.79 Å². The lowest BCUT2D eigenvalue weighted by molar-refractivity contribution is 0.102. The summed E-state index contributed by atoms with van der Waals surface area (Å²) in [4.78, 5) is 14.2. The Labute approximate surface area is 163 Å². The number of nitrogens with one attached hydrogen (secondary N) is 1. The maximum atomic E-state index is 12.7. The van der Waals surface area contributed by atoms with E-state index in [-0.39, 0.29) is 5.91 Å². The van der Waals surface area contributed by atoms with Gasteiger partial charge >= 0.3 is 0 Å². The molecule has 1 N–H and O–H groups in total. The van der Waals surface area contributed by atoms with Gasteiger partial charge in [-0.05, 0) is 49.2 Å².